The standard InChI is InChI=1S/C11H14O3/c1-3-8(2)14-10-6-4-9(5-7-10)11(12)13/h4-8H,3H2,1-2H3,(H,12,13)/p-1/t8-/m0/s1. The van der Waals surface area contributed by atoms with Crippen molar-refractivity contribution in [2.75, 3.05) is 0 Å². The minimum Gasteiger partial charge on any atom is -0.545 e. The Bertz CT molecular complexity index is 303. The van der Waals surface area contributed by atoms with Gasteiger partial charge in [0.15, 0.2) is 0 Å². The second kappa shape index (κ2) is 4.65. The molecule has 0 fully saturated rings. The molecule has 1 aromatic carbocycles. The van der Waals surface area contributed by atoms with E-state index in [1.54, 1.807) is 12.1 Å². The second-order valence-electron chi connectivity index (χ2n) is 3.15. The van der Waals surface area contributed by atoms with Crippen LogP contribution in [0.1, 0.15) is 30.6 Å². The Morgan fingerprint density at radius 3 is 2.43 bits per heavy atom. The number of carboxylic acid groups (broad SMARTS) is 1. The van der Waals surface area contributed by atoms with Crippen molar-refractivity contribution in [1.29, 1.82) is 0 Å². The van der Waals surface area contributed by atoms with Crippen molar-refractivity contribution in [1.82, 2.24) is 0 Å². The third kappa shape index (κ3) is 2.76. The van der Waals surface area contributed by atoms with Crippen molar-refractivity contribution in [2.45, 2.75) is 26.4 Å². The molecule has 1 aromatic rings. The van der Waals surface area contributed by atoms with Gasteiger partial charge >= 0.3 is 0 Å². The predicted octanol–water partition coefficient (Wildman–Crippen LogP) is 1.23. The van der Waals surface area contributed by atoms with Crippen molar-refractivity contribution < 1.29 is 14.6 Å². The molecule has 0 bridgehead atoms. The molecule has 0 unspecified atom stereocenters. The van der Waals surface area contributed by atoms with Crippen molar-refractivity contribution in [3.8, 4) is 5.75 Å². The van der Waals surface area contributed by atoms with Gasteiger partial charge in [0.2, 0.25) is 0 Å². The lowest BCUT2D eigenvalue weighted by Gasteiger charge is -2.12. The van der Waals surface area contributed by atoms with E-state index in [0.717, 1.165) is 6.42 Å². The number of benzene rings is 1. The van der Waals surface area contributed by atoms with Gasteiger partial charge in [-0.05, 0) is 43.2 Å². The highest BCUT2D eigenvalue weighted by atomic mass is 16.5. The number of carbonyl (C=O) groups is 1. The Morgan fingerprint density at radius 1 is 1.43 bits per heavy atom. The quantitative estimate of drug-likeness (QED) is 0.722. The van der Waals surface area contributed by atoms with Crippen LogP contribution in [0.5, 0.6) is 5.75 Å². The highest BCUT2D eigenvalue weighted by Gasteiger charge is 2.00. The van der Waals surface area contributed by atoms with Crippen LogP contribution < -0.4 is 9.84 Å². The zero-order valence-corrected chi connectivity index (χ0v) is 8.32. The molecule has 3 heteroatoms. The topological polar surface area (TPSA) is 49.4 Å². The first-order valence-electron chi connectivity index (χ1n) is 4.61. The molecule has 0 aliphatic heterocycles. The van der Waals surface area contributed by atoms with Gasteiger partial charge in [-0.3, -0.25) is 0 Å². The van der Waals surface area contributed by atoms with Crippen LogP contribution in [0.25, 0.3) is 0 Å². The predicted molar refractivity (Wildman–Crippen MR) is 51.2 cm³/mol. The fraction of sp³-hybridized carbons (Fsp3) is 0.364. The highest BCUT2D eigenvalue weighted by molar-refractivity contribution is 5.85. The molecule has 0 amide bonds. The van der Waals surface area contributed by atoms with Gasteiger partial charge in [-0.25, -0.2) is 0 Å². The summed E-state index contributed by atoms with van der Waals surface area (Å²) < 4.78 is 5.48. The molecule has 0 aromatic heterocycles. The van der Waals surface area contributed by atoms with Crippen LogP contribution in [0.15, 0.2) is 24.3 Å². The Kier molecular flexibility index (Phi) is 3.51. The largest absolute Gasteiger partial charge is 0.545 e. The van der Waals surface area contributed by atoms with E-state index in [4.69, 9.17) is 4.74 Å². The lowest BCUT2D eigenvalue weighted by atomic mass is 10.2. The molecular formula is C11H13O3-. The third-order valence-corrected chi connectivity index (χ3v) is 2.00. The number of hydrogen-bond acceptors (Lipinski definition) is 3. The van der Waals surface area contributed by atoms with Crippen LogP contribution in [-0.2, 0) is 0 Å². The Balaban J connectivity index is 2.68. The first kappa shape index (κ1) is 10.6. The van der Waals surface area contributed by atoms with Gasteiger partial charge in [0.25, 0.3) is 0 Å². The van der Waals surface area contributed by atoms with Gasteiger partial charge in [0, 0.05) is 0 Å². The van der Waals surface area contributed by atoms with E-state index in [-0.39, 0.29) is 11.7 Å². The van der Waals surface area contributed by atoms with Gasteiger partial charge in [-0.2, -0.15) is 0 Å². The van der Waals surface area contributed by atoms with Crippen molar-refractivity contribution in [3.63, 3.8) is 0 Å². The van der Waals surface area contributed by atoms with Gasteiger partial charge in [-0.15, -0.1) is 0 Å². The molecule has 0 N–H and O–H groups in total. The van der Waals surface area contributed by atoms with Gasteiger partial charge < -0.3 is 14.6 Å². The van der Waals surface area contributed by atoms with Crippen molar-refractivity contribution in [2.24, 2.45) is 0 Å². The Hall–Kier alpha value is -1.51. The highest BCUT2D eigenvalue weighted by Crippen LogP contribution is 2.14. The molecule has 76 valence electrons. The van der Waals surface area contributed by atoms with Crippen LogP contribution in [0.4, 0.5) is 0 Å². The maximum Gasteiger partial charge on any atom is 0.119 e. The van der Waals surface area contributed by atoms with E-state index in [1.807, 2.05) is 13.8 Å². The van der Waals surface area contributed by atoms with E-state index in [1.165, 1.54) is 12.1 Å². The molecule has 0 aliphatic rings. The summed E-state index contributed by atoms with van der Waals surface area (Å²) in [4.78, 5) is 10.4. The Morgan fingerprint density at radius 2 is 2.00 bits per heavy atom. The number of hydrogen-bond donors (Lipinski definition) is 0. The first-order chi connectivity index (χ1) is 6.63. The number of rotatable bonds is 4. The zero-order valence-electron chi connectivity index (χ0n) is 8.32. The first-order valence-corrected chi connectivity index (χ1v) is 4.61. The molecule has 14 heavy (non-hydrogen) atoms. The van der Waals surface area contributed by atoms with Gasteiger partial charge in [0.1, 0.15) is 5.75 Å². The monoisotopic (exact) mass is 193 g/mol. The van der Waals surface area contributed by atoms with Crippen molar-refractivity contribution >= 4 is 5.97 Å². The minimum atomic E-state index is -1.17. The summed E-state index contributed by atoms with van der Waals surface area (Å²) in [7, 11) is 0. The number of carbonyl (C=O) groups excluding carboxylic acids is 1. The summed E-state index contributed by atoms with van der Waals surface area (Å²) in [6, 6.07) is 6.23. The van der Waals surface area contributed by atoms with Crippen LogP contribution in [-0.4, -0.2) is 12.1 Å². The van der Waals surface area contributed by atoms with Crippen LogP contribution >= 0.6 is 0 Å². The second-order valence-corrected chi connectivity index (χ2v) is 3.15. The average molecular weight is 193 g/mol. The molecular weight excluding hydrogens is 180 g/mol. The summed E-state index contributed by atoms with van der Waals surface area (Å²) in [5.41, 5.74) is 0.168. The molecule has 0 radical (unpaired) electrons. The smallest absolute Gasteiger partial charge is 0.119 e. The minimum absolute atomic E-state index is 0.142. The van der Waals surface area contributed by atoms with E-state index in [0.29, 0.717) is 5.75 Å². The number of ether oxygens (including phenoxy) is 1. The molecule has 0 saturated carbocycles. The van der Waals surface area contributed by atoms with Crippen LogP contribution in [0.2, 0.25) is 0 Å². The number of carboxylic acids is 1. The molecule has 0 saturated heterocycles. The molecule has 1 atom stereocenters. The zero-order chi connectivity index (χ0) is 10.6. The lowest BCUT2D eigenvalue weighted by Crippen LogP contribution is -2.22. The van der Waals surface area contributed by atoms with Crippen LogP contribution in [0.3, 0.4) is 0 Å². The van der Waals surface area contributed by atoms with Gasteiger partial charge in [0.05, 0.1) is 12.1 Å². The number of aromatic carboxylic acids is 1. The normalized spacial score (nSPS) is 12.1. The molecule has 1 rings (SSSR count). The Labute approximate surface area is 83.3 Å². The summed E-state index contributed by atoms with van der Waals surface area (Å²) in [6.45, 7) is 3.99. The summed E-state index contributed by atoms with van der Waals surface area (Å²) in [6.07, 6.45) is 1.06. The SMILES string of the molecule is CC[C@H](C)Oc1ccc(C(=O)[O-])cc1. The molecule has 0 spiro atoms. The maximum atomic E-state index is 10.4. The maximum absolute atomic E-state index is 10.4. The van der Waals surface area contributed by atoms with Crippen molar-refractivity contribution in [3.05, 3.63) is 29.8 Å². The summed E-state index contributed by atoms with van der Waals surface area (Å²) in [5.74, 6) is -0.482. The average Bonchev–Trinajstić information content (AvgIpc) is 2.18. The molecule has 0 aliphatic carbocycles. The van der Waals surface area contributed by atoms with E-state index in [2.05, 4.69) is 0 Å². The fourth-order valence-electron chi connectivity index (χ4n) is 0.985. The van der Waals surface area contributed by atoms with Crippen LogP contribution in [0, 0.1) is 0 Å². The summed E-state index contributed by atoms with van der Waals surface area (Å²) >= 11 is 0. The molecule has 0 heterocycles. The summed E-state index contributed by atoms with van der Waals surface area (Å²) in [5, 5.41) is 10.4. The fourth-order valence-corrected chi connectivity index (χ4v) is 0.985. The van der Waals surface area contributed by atoms with E-state index in [9.17, 15) is 9.90 Å². The molecule has 3 nitrogen and oxygen atoms in total. The van der Waals surface area contributed by atoms with Gasteiger partial charge in [-0.1, -0.05) is 6.92 Å². The third-order valence-electron chi connectivity index (χ3n) is 2.00. The van der Waals surface area contributed by atoms with E-state index >= 15 is 0 Å². The lowest BCUT2D eigenvalue weighted by molar-refractivity contribution is -0.255. The van der Waals surface area contributed by atoms with E-state index < -0.39 is 5.97 Å².